The van der Waals surface area contributed by atoms with E-state index in [1.165, 1.54) is 25.0 Å². The van der Waals surface area contributed by atoms with Crippen molar-refractivity contribution >= 4 is 0 Å². The number of rotatable bonds is 2. The van der Waals surface area contributed by atoms with Crippen molar-refractivity contribution < 1.29 is 13.2 Å². The van der Waals surface area contributed by atoms with Crippen LogP contribution in [-0.2, 0) is 6.18 Å². The fourth-order valence-corrected chi connectivity index (χ4v) is 0.831. The molecular weight excluding hydrogens is 203 g/mol. The molecule has 0 aliphatic rings. The standard InChI is InChI=1S/C7H5F3.C4H11N/c8-7(9,10)6-4-2-1-3-5-6;1-2-3-4-5/h1-5H;2-5H2,1H3. The van der Waals surface area contributed by atoms with Gasteiger partial charge in [0.2, 0.25) is 0 Å². The zero-order valence-corrected chi connectivity index (χ0v) is 8.72. The predicted molar refractivity (Wildman–Crippen MR) is 55.4 cm³/mol. The van der Waals surface area contributed by atoms with E-state index in [4.69, 9.17) is 5.73 Å². The van der Waals surface area contributed by atoms with Gasteiger partial charge in [-0.05, 0) is 13.0 Å². The van der Waals surface area contributed by atoms with Crippen LogP contribution in [0.2, 0.25) is 0 Å². The number of halogens is 3. The lowest BCUT2D eigenvalue weighted by molar-refractivity contribution is -0.137. The molecule has 0 unspecified atom stereocenters. The van der Waals surface area contributed by atoms with E-state index in [1.807, 2.05) is 0 Å². The highest BCUT2D eigenvalue weighted by molar-refractivity contribution is 5.17. The summed E-state index contributed by atoms with van der Waals surface area (Å²) in [4.78, 5) is 0. The third-order valence-electron chi connectivity index (χ3n) is 1.66. The lowest BCUT2D eigenvalue weighted by Gasteiger charge is -2.03. The zero-order chi connectivity index (χ0) is 11.7. The normalized spacial score (nSPS) is 10.5. The molecule has 0 spiro atoms. The quantitative estimate of drug-likeness (QED) is 0.810. The lowest BCUT2D eigenvalue weighted by Crippen LogP contribution is -2.03. The second kappa shape index (κ2) is 7.29. The molecule has 0 saturated carbocycles. The first-order valence-corrected chi connectivity index (χ1v) is 4.84. The minimum Gasteiger partial charge on any atom is -0.330 e. The van der Waals surface area contributed by atoms with Crippen LogP contribution in [0.3, 0.4) is 0 Å². The van der Waals surface area contributed by atoms with Crippen molar-refractivity contribution in [2.45, 2.75) is 25.9 Å². The van der Waals surface area contributed by atoms with E-state index in [1.54, 1.807) is 6.07 Å². The monoisotopic (exact) mass is 219 g/mol. The fraction of sp³-hybridized carbons (Fsp3) is 0.455. The summed E-state index contributed by atoms with van der Waals surface area (Å²) in [5, 5.41) is 0. The highest BCUT2D eigenvalue weighted by Crippen LogP contribution is 2.28. The van der Waals surface area contributed by atoms with Crippen LogP contribution in [0.25, 0.3) is 0 Å². The molecule has 2 N–H and O–H groups in total. The minimum atomic E-state index is -4.21. The Morgan fingerprint density at radius 2 is 1.67 bits per heavy atom. The molecule has 1 nitrogen and oxygen atoms in total. The third-order valence-corrected chi connectivity index (χ3v) is 1.66. The predicted octanol–water partition coefficient (Wildman–Crippen LogP) is 3.45. The van der Waals surface area contributed by atoms with Gasteiger partial charge in [0.05, 0.1) is 5.56 Å². The Labute approximate surface area is 88.1 Å². The summed E-state index contributed by atoms with van der Waals surface area (Å²) in [5.74, 6) is 0. The SMILES string of the molecule is CCCCN.FC(F)(F)c1ccccc1. The van der Waals surface area contributed by atoms with Gasteiger partial charge in [-0.25, -0.2) is 0 Å². The first-order chi connectivity index (χ1) is 7.02. The van der Waals surface area contributed by atoms with Crippen molar-refractivity contribution in [2.75, 3.05) is 6.54 Å². The van der Waals surface area contributed by atoms with Gasteiger partial charge in [0.15, 0.2) is 0 Å². The molecule has 4 heteroatoms. The molecule has 0 aliphatic carbocycles. The molecule has 0 saturated heterocycles. The molecule has 0 bridgehead atoms. The van der Waals surface area contributed by atoms with E-state index in [0.717, 1.165) is 18.7 Å². The maximum absolute atomic E-state index is 11.8. The van der Waals surface area contributed by atoms with Gasteiger partial charge in [0.25, 0.3) is 0 Å². The van der Waals surface area contributed by atoms with E-state index in [-0.39, 0.29) is 0 Å². The second-order valence-electron chi connectivity index (χ2n) is 3.01. The second-order valence-corrected chi connectivity index (χ2v) is 3.01. The van der Waals surface area contributed by atoms with Gasteiger partial charge in [0, 0.05) is 0 Å². The summed E-state index contributed by atoms with van der Waals surface area (Å²) in [6.45, 7) is 2.98. The Bertz CT molecular complexity index is 242. The van der Waals surface area contributed by atoms with Gasteiger partial charge in [-0.15, -0.1) is 0 Å². The van der Waals surface area contributed by atoms with E-state index in [9.17, 15) is 13.2 Å². The number of hydrogen-bond acceptors (Lipinski definition) is 1. The van der Waals surface area contributed by atoms with Crippen LogP contribution in [0.1, 0.15) is 25.3 Å². The number of alkyl halides is 3. The molecule has 0 aromatic heterocycles. The summed E-state index contributed by atoms with van der Waals surface area (Å²) in [5.41, 5.74) is 4.54. The smallest absolute Gasteiger partial charge is 0.330 e. The molecule has 1 aromatic rings. The van der Waals surface area contributed by atoms with Crippen molar-refractivity contribution in [2.24, 2.45) is 5.73 Å². The Morgan fingerprint density at radius 1 is 1.13 bits per heavy atom. The lowest BCUT2D eigenvalue weighted by atomic mass is 10.2. The van der Waals surface area contributed by atoms with E-state index in [2.05, 4.69) is 6.92 Å². The highest BCUT2D eigenvalue weighted by atomic mass is 19.4. The molecule has 0 amide bonds. The van der Waals surface area contributed by atoms with Crippen molar-refractivity contribution in [3.63, 3.8) is 0 Å². The molecule has 0 radical (unpaired) electrons. The fourth-order valence-electron chi connectivity index (χ4n) is 0.831. The van der Waals surface area contributed by atoms with Crippen molar-refractivity contribution in [3.8, 4) is 0 Å². The average Bonchev–Trinajstić information content (AvgIpc) is 2.20. The first-order valence-electron chi connectivity index (χ1n) is 4.84. The van der Waals surface area contributed by atoms with Crippen molar-refractivity contribution in [3.05, 3.63) is 35.9 Å². The number of unbranched alkanes of at least 4 members (excludes halogenated alkanes) is 1. The summed E-state index contributed by atoms with van der Waals surface area (Å²) in [7, 11) is 0. The number of nitrogens with two attached hydrogens (primary N) is 1. The van der Waals surface area contributed by atoms with Gasteiger partial charge < -0.3 is 5.73 Å². The van der Waals surface area contributed by atoms with Crippen LogP contribution in [0.15, 0.2) is 30.3 Å². The van der Waals surface area contributed by atoms with Crippen molar-refractivity contribution in [1.82, 2.24) is 0 Å². The van der Waals surface area contributed by atoms with E-state index >= 15 is 0 Å². The average molecular weight is 219 g/mol. The topological polar surface area (TPSA) is 26.0 Å². The molecule has 0 aliphatic heterocycles. The number of hydrogen-bond donors (Lipinski definition) is 1. The van der Waals surface area contributed by atoms with Gasteiger partial charge in [-0.3, -0.25) is 0 Å². The Balaban J connectivity index is 0.000000336. The molecule has 86 valence electrons. The molecule has 15 heavy (non-hydrogen) atoms. The Morgan fingerprint density at radius 3 is 1.87 bits per heavy atom. The van der Waals surface area contributed by atoms with Crippen LogP contribution >= 0.6 is 0 Å². The summed E-state index contributed by atoms with van der Waals surface area (Å²) in [6.07, 6.45) is -1.82. The summed E-state index contributed by atoms with van der Waals surface area (Å²) in [6, 6.07) is 6.36. The molecule has 0 atom stereocenters. The Hall–Kier alpha value is -1.03. The maximum Gasteiger partial charge on any atom is 0.416 e. The van der Waals surface area contributed by atoms with E-state index in [0.29, 0.717) is 0 Å². The van der Waals surface area contributed by atoms with Crippen molar-refractivity contribution in [1.29, 1.82) is 0 Å². The van der Waals surface area contributed by atoms with Gasteiger partial charge in [-0.2, -0.15) is 13.2 Å². The molecule has 1 rings (SSSR count). The van der Waals surface area contributed by atoms with Crippen LogP contribution in [0, 0.1) is 0 Å². The molecule has 0 fully saturated rings. The van der Waals surface area contributed by atoms with Crippen LogP contribution in [0.5, 0.6) is 0 Å². The van der Waals surface area contributed by atoms with E-state index < -0.39 is 11.7 Å². The molecule has 0 heterocycles. The Kier molecular flexibility index (Phi) is 6.79. The van der Waals surface area contributed by atoms with Gasteiger partial charge >= 0.3 is 6.18 Å². The largest absolute Gasteiger partial charge is 0.416 e. The maximum atomic E-state index is 11.8. The highest BCUT2D eigenvalue weighted by Gasteiger charge is 2.29. The third kappa shape index (κ3) is 6.96. The molecular formula is C11H16F3N. The van der Waals surface area contributed by atoms with Crippen LogP contribution in [0.4, 0.5) is 13.2 Å². The minimum absolute atomic E-state index is 0.602. The first kappa shape index (κ1) is 14.0. The van der Waals surface area contributed by atoms with Gasteiger partial charge in [-0.1, -0.05) is 43.7 Å². The number of benzene rings is 1. The van der Waals surface area contributed by atoms with Gasteiger partial charge in [0.1, 0.15) is 0 Å². The van der Waals surface area contributed by atoms with Crippen LogP contribution in [-0.4, -0.2) is 6.54 Å². The molecule has 1 aromatic carbocycles. The zero-order valence-electron chi connectivity index (χ0n) is 8.72. The van der Waals surface area contributed by atoms with Crippen LogP contribution < -0.4 is 5.73 Å². The summed E-state index contributed by atoms with van der Waals surface area (Å²) < 4.78 is 35.4. The summed E-state index contributed by atoms with van der Waals surface area (Å²) >= 11 is 0.